The summed E-state index contributed by atoms with van der Waals surface area (Å²) in [5, 5.41) is 0. The van der Waals surface area contributed by atoms with Crippen LogP contribution in [0.2, 0.25) is 0 Å². The second-order valence-corrected chi connectivity index (χ2v) is 5.50. The Labute approximate surface area is 114 Å². The Bertz CT molecular complexity index is 438. The van der Waals surface area contributed by atoms with Crippen LogP contribution in [0.4, 0.5) is 5.69 Å². The third-order valence-corrected chi connectivity index (χ3v) is 4.40. The highest BCUT2D eigenvalue weighted by molar-refractivity contribution is 5.54. The van der Waals surface area contributed by atoms with E-state index in [4.69, 9.17) is 15.2 Å². The largest absolute Gasteiger partial charge is 0.495 e. The molecule has 2 N–H and O–H groups in total. The van der Waals surface area contributed by atoms with E-state index in [9.17, 15) is 0 Å². The van der Waals surface area contributed by atoms with Crippen LogP contribution in [-0.4, -0.2) is 44.4 Å². The predicted octanol–water partition coefficient (Wildman–Crippen LogP) is 1.86. The fraction of sp³-hybridized carbons (Fsp3) is 0.600. The number of anilines is 1. The first-order chi connectivity index (χ1) is 9.28. The van der Waals surface area contributed by atoms with Crippen molar-refractivity contribution in [2.24, 2.45) is 0 Å². The van der Waals surface area contributed by atoms with Gasteiger partial charge in [-0.1, -0.05) is 6.07 Å². The van der Waals surface area contributed by atoms with E-state index in [0.29, 0.717) is 12.0 Å². The number of nitrogens with zero attached hydrogens (tertiary/aromatic N) is 1. The fourth-order valence-corrected chi connectivity index (χ4v) is 3.01. The van der Waals surface area contributed by atoms with E-state index >= 15 is 0 Å². The van der Waals surface area contributed by atoms with E-state index in [-0.39, 0.29) is 0 Å². The Morgan fingerprint density at radius 3 is 2.58 bits per heavy atom. The quantitative estimate of drug-likeness (QED) is 0.845. The average molecular weight is 262 g/mol. The van der Waals surface area contributed by atoms with Crippen LogP contribution in [0.15, 0.2) is 18.2 Å². The highest BCUT2D eigenvalue weighted by atomic mass is 16.5. The van der Waals surface area contributed by atoms with Crippen LogP contribution in [0.1, 0.15) is 24.3 Å². The Hall–Kier alpha value is -1.26. The topological polar surface area (TPSA) is 47.7 Å². The summed E-state index contributed by atoms with van der Waals surface area (Å²) in [4.78, 5) is 2.56. The average Bonchev–Trinajstić information content (AvgIpc) is 2.38. The minimum atomic E-state index is 0.631. The summed E-state index contributed by atoms with van der Waals surface area (Å²) in [6, 6.07) is 6.87. The summed E-state index contributed by atoms with van der Waals surface area (Å²) >= 11 is 0. The van der Waals surface area contributed by atoms with Gasteiger partial charge in [-0.05, 0) is 49.5 Å². The van der Waals surface area contributed by atoms with Gasteiger partial charge in [-0.3, -0.25) is 4.90 Å². The van der Waals surface area contributed by atoms with Crippen LogP contribution < -0.4 is 10.5 Å². The molecule has 0 unspecified atom stereocenters. The zero-order valence-electron chi connectivity index (χ0n) is 11.5. The van der Waals surface area contributed by atoms with Crippen molar-refractivity contribution >= 4 is 5.69 Å². The lowest BCUT2D eigenvalue weighted by Crippen LogP contribution is -2.51. The van der Waals surface area contributed by atoms with Gasteiger partial charge in [0, 0.05) is 0 Å². The van der Waals surface area contributed by atoms with E-state index in [1.165, 1.54) is 31.5 Å². The van der Waals surface area contributed by atoms with Crippen molar-refractivity contribution < 1.29 is 9.47 Å². The number of hydrogen-bond acceptors (Lipinski definition) is 4. The van der Waals surface area contributed by atoms with E-state index in [2.05, 4.69) is 17.0 Å². The lowest BCUT2D eigenvalue weighted by Gasteiger charge is -2.41. The molecule has 19 heavy (non-hydrogen) atoms. The van der Waals surface area contributed by atoms with Crippen LogP contribution in [0, 0.1) is 0 Å². The lowest BCUT2D eigenvalue weighted by atomic mass is 9.88. The summed E-state index contributed by atoms with van der Waals surface area (Å²) < 4.78 is 10.6. The molecule has 1 aromatic rings. The first-order valence-electron chi connectivity index (χ1n) is 7.03. The number of likely N-dealkylation sites (tertiary alicyclic amines) is 1. The molecule has 1 aromatic carbocycles. The molecule has 2 saturated heterocycles. The molecule has 4 nitrogen and oxygen atoms in total. The fourth-order valence-electron chi connectivity index (χ4n) is 3.01. The Morgan fingerprint density at radius 1 is 1.26 bits per heavy atom. The minimum Gasteiger partial charge on any atom is -0.495 e. The highest BCUT2D eigenvalue weighted by Crippen LogP contribution is 2.33. The zero-order valence-corrected chi connectivity index (χ0v) is 11.5. The van der Waals surface area contributed by atoms with Gasteiger partial charge in [-0.15, -0.1) is 0 Å². The van der Waals surface area contributed by atoms with Gasteiger partial charge in [0.1, 0.15) is 5.75 Å². The summed E-state index contributed by atoms with van der Waals surface area (Å²) in [5.74, 6) is 1.43. The number of methoxy groups -OCH3 is 1. The molecular formula is C15H22N2O2. The van der Waals surface area contributed by atoms with Crippen LogP contribution in [0.5, 0.6) is 5.75 Å². The number of nitrogens with two attached hydrogens (primary N) is 1. The Morgan fingerprint density at radius 2 is 2.00 bits per heavy atom. The molecule has 3 rings (SSSR count). The van der Waals surface area contributed by atoms with Gasteiger partial charge in [-0.25, -0.2) is 0 Å². The summed E-state index contributed by atoms with van der Waals surface area (Å²) in [6.45, 7) is 4.18. The maximum atomic E-state index is 5.87. The van der Waals surface area contributed by atoms with Gasteiger partial charge >= 0.3 is 0 Å². The Kier molecular flexibility index (Phi) is 3.62. The highest BCUT2D eigenvalue weighted by Gasteiger charge is 2.30. The Balaban J connectivity index is 1.64. The van der Waals surface area contributed by atoms with Gasteiger partial charge in [0.05, 0.1) is 32.1 Å². The van der Waals surface area contributed by atoms with E-state index in [1.54, 1.807) is 7.11 Å². The third-order valence-electron chi connectivity index (χ3n) is 4.40. The maximum Gasteiger partial charge on any atom is 0.142 e. The van der Waals surface area contributed by atoms with Gasteiger partial charge in [0.25, 0.3) is 0 Å². The standard InChI is InChI=1S/C15H22N2O2/c1-18-15-8-12(2-3-14(15)16)11-4-6-17(7-5-11)13-9-19-10-13/h2-3,8,11,13H,4-7,9-10,16H2,1H3. The molecule has 0 bridgehead atoms. The molecule has 0 atom stereocenters. The molecule has 0 amide bonds. The molecule has 2 aliphatic rings. The van der Waals surface area contributed by atoms with Crippen molar-refractivity contribution in [2.45, 2.75) is 24.8 Å². The van der Waals surface area contributed by atoms with Crippen molar-refractivity contribution in [3.63, 3.8) is 0 Å². The third kappa shape index (κ3) is 2.55. The molecule has 0 radical (unpaired) electrons. The molecule has 2 heterocycles. The number of rotatable bonds is 3. The molecular weight excluding hydrogens is 240 g/mol. The summed E-state index contributed by atoms with van der Waals surface area (Å²) in [7, 11) is 1.68. The molecule has 2 fully saturated rings. The van der Waals surface area contributed by atoms with Crippen molar-refractivity contribution in [3.05, 3.63) is 23.8 Å². The van der Waals surface area contributed by atoms with Crippen molar-refractivity contribution in [1.29, 1.82) is 0 Å². The van der Waals surface area contributed by atoms with Gasteiger partial charge in [0.2, 0.25) is 0 Å². The number of nitrogen functional groups attached to an aromatic ring is 1. The van der Waals surface area contributed by atoms with Crippen LogP contribution in [-0.2, 0) is 4.74 Å². The van der Waals surface area contributed by atoms with Crippen LogP contribution in [0.3, 0.4) is 0 Å². The number of ether oxygens (including phenoxy) is 2. The van der Waals surface area contributed by atoms with Crippen molar-refractivity contribution in [1.82, 2.24) is 4.90 Å². The maximum absolute atomic E-state index is 5.87. The van der Waals surface area contributed by atoms with E-state index in [1.807, 2.05) is 6.07 Å². The van der Waals surface area contributed by atoms with Crippen molar-refractivity contribution in [3.8, 4) is 5.75 Å². The minimum absolute atomic E-state index is 0.631. The first kappa shape index (κ1) is 12.8. The molecule has 104 valence electrons. The lowest BCUT2D eigenvalue weighted by molar-refractivity contribution is -0.0712. The zero-order chi connectivity index (χ0) is 13.2. The second kappa shape index (κ2) is 5.39. The summed E-state index contributed by atoms with van der Waals surface area (Å²) in [5.41, 5.74) is 7.94. The van der Waals surface area contributed by atoms with E-state index < -0.39 is 0 Å². The molecule has 4 heteroatoms. The van der Waals surface area contributed by atoms with Crippen LogP contribution in [0.25, 0.3) is 0 Å². The number of hydrogen-bond donors (Lipinski definition) is 1. The molecule has 2 aliphatic heterocycles. The first-order valence-corrected chi connectivity index (χ1v) is 7.03. The molecule has 0 spiro atoms. The SMILES string of the molecule is COc1cc(C2CCN(C3COC3)CC2)ccc1N. The molecule has 0 aromatic heterocycles. The summed E-state index contributed by atoms with van der Waals surface area (Å²) in [6.07, 6.45) is 2.42. The smallest absolute Gasteiger partial charge is 0.142 e. The monoisotopic (exact) mass is 262 g/mol. The van der Waals surface area contributed by atoms with Crippen LogP contribution >= 0.6 is 0 Å². The normalized spacial score (nSPS) is 22.2. The van der Waals surface area contributed by atoms with Gasteiger partial charge in [-0.2, -0.15) is 0 Å². The molecule has 0 aliphatic carbocycles. The van der Waals surface area contributed by atoms with Crippen molar-refractivity contribution in [2.75, 3.05) is 39.1 Å². The van der Waals surface area contributed by atoms with Gasteiger partial charge < -0.3 is 15.2 Å². The second-order valence-electron chi connectivity index (χ2n) is 5.50. The number of piperidine rings is 1. The predicted molar refractivity (Wildman–Crippen MR) is 75.6 cm³/mol. The van der Waals surface area contributed by atoms with E-state index in [0.717, 1.165) is 24.7 Å². The number of benzene rings is 1. The molecule has 0 saturated carbocycles. The van der Waals surface area contributed by atoms with Gasteiger partial charge in [0.15, 0.2) is 0 Å².